The molecule has 1 aromatic carbocycles. The van der Waals surface area contributed by atoms with Gasteiger partial charge in [-0.05, 0) is 54.5 Å². The van der Waals surface area contributed by atoms with Crippen molar-refractivity contribution in [3.63, 3.8) is 0 Å². The molecular weight excluding hydrogens is 457 g/mol. The van der Waals surface area contributed by atoms with Gasteiger partial charge in [0.05, 0.1) is 17.6 Å². The van der Waals surface area contributed by atoms with Crippen LogP contribution in [-0.2, 0) is 25.3 Å². The molecule has 9 heteroatoms. The lowest BCUT2D eigenvalue weighted by atomic mass is 9.73. The van der Waals surface area contributed by atoms with Crippen LogP contribution in [0.5, 0.6) is 5.75 Å². The van der Waals surface area contributed by atoms with Gasteiger partial charge in [-0.15, -0.1) is 0 Å². The summed E-state index contributed by atoms with van der Waals surface area (Å²) >= 11 is 6.42. The zero-order chi connectivity index (χ0) is 24.2. The Morgan fingerprint density at radius 1 is 1.21 bits per heavy atom. The molecule has 0 saturated carbocycles. The maximum absolute atomic E-state index is 14.2. The maximum Gasteiger partial charge on any atom is 0.417 e. The van der Waals surface area contributed by atoms with E-state index in [4.69, 9.17) is 16.3 Å². The van der Waals surface area contributed by atoms with Crippen LogP contribution in [0, 0.1) is 0 Å². The van der Waals surface area contributed by atoms with Crippen molar-refractivity contribution in [2.45, 2.75) is 56.7 Å². The first-order valence-electron chi connectivity index (χ1n) is 10.7. The number of aliphatic hydroxyl groups is 1. The van der Waals surface area contributed by atoms with Crippen LogP contribution >= 0.6 is 11.6 Å². The second-order valence-corrected chi connectivity index (χ2v) is 9.88. The number of hydrogen-bond acceptors (Lipinski definition) is 3. The van der Waals surface area contributed by atoms with E-state index in [-0.39, 0.29) is 11.3 Å². The van der Waals surface area contributed by atoms with Gasteiger partial charge in [0.25, 0.3) is 5.56 Å². The molecule has 1 aliphatic heterocycles. The molecule has 0 aliphatic carbocycles. The van der Waals surface area contributed by atoms with Gasteiger partial charge in [0.15, 0.2) is 5.60 Å². The second kappa shape index (κ2) is 8.09. The Bertz CT molecular complexity index is 1260. The van der Waals surface area contributed by atoms with E-state index in [1.807, 2.05) is 0 Å². The van der Waals surface area contributed by atoms with E-state index < -0.39 is 30.0 Å². The quantitative estimate of drug-likeness (QED) is 0.535. The number of alkyl halides is 3. The van der Waals surface area contributed by atoms with E-state index in [9.17, 15) is 23.1 Å². The molecule has 1 atom stereocenters. The van der Waals surface area contributed by atoms with Gasteiger partial charge >= 0.3 is 6.18 Å². The fourth-order valence-corrected chi connectivity index (χ4v) is 4.92. The third kappa shape index (κ3) is 4.38. The molecule has 0 saturated heterocycles. The van der Waals surface area contributed by atoms with Gasteiger partial charge in [0.1, 0.15) is 5.75 Å². The van der Waals surface area contributed by atoms with Gasteiger partial charge < -0.3 is 19.4 Å². The number of ether oxygens (including phenoxy) is 1. The van der Waals surface area contributed by atoms with Crippen molar-refractivity contribution in [2.24, 2.45) is 7.05 Å². The first kappa shape index (κ1) is 23.7. The van der Waals surface area contributed by atoms with Gasteiger partial charge in [-0.3, -0.25) is 4.79 Å². The van der Waals surface area contributed by atoms with Crippen LogP contribution < -0.4 is 10.3 Å². The molecule has 3 aromatic rings. The van der Waals surface area contributed by atoms with E-state index in [1.54, 1.807) is 33.0 Å². The van der Waals surface area contributed by atoms with Crippen molar-refractivity contribution >= 4 is 22.6 Å². The third-order valence-electron chi connectivity index (χ3n) is 6.48. The predicted octanol–water partition coefficient (Wildman–Crippen LogP) is 5.05. The lowest BCUT2D eigenvalue weighted by Crippen LogP contribution is -2.50. The molecule has 1 unspecified atom stereocenters. The largest absolute Gasteiger partial charge is 0.493 e. The minimum absolute atomic E-state index is 0.189. The van der Waals surface area contributed by atoms with Crippen LogP contribution in [0.3, 0.4) is 0 Å². The van der Waals surface area contributed by atoms with Gasteiger partial charge in [-0.25, -0.2) is 0 Å². The normalized spacial score (nSPS) is 16.4. The van der Waals surface area contributed by atoms with Crippen LogP contribution in [0.1, 0.15) is 43.5 Å². The van der Waals surface area contributed by atoms with Gasteiger partial charge in [0, 0.05) is 35.8 Å². The molecule has 5 nitrogen and oxygen atoms in total. The number of nitrogens with zero attached hydrogens (tertiary/aromatic N) is 1. The van der Waals surface area contributed by atoms with Gasteiger partial charge in [0.2, 0.25) is 0 Å². The number of H-pyrrole nitrogens is 1. The van der Waals surface area contributed by atoms with Crippen LogP contribution in [0.25, 0.3) is 11.0 Å². The SMILES string of the molecule is Cn1c(=O)ccc2[nH]c(CC(O)(CC(C)(C)c3cc(Cl)c4c(c3)OCCC4)C(F)(F)F)cc21. The minimum atomic E-state index is -4.89. The molecular formula is C24H26ClF3N2O3. The Kier molecular flexibility index (Phi) is 5.81. The van der Waals surface area contributed by atoms with Crippen molar-refractivity contribution < 1.29 is 23.0 Å². The minimum Gasteiger partial charge on any atom is -0.493 e. The first-order chi connectivity index (χ1) is 15.3. The summed E-state index contributed by atoms with van der Waals surface area (Å²) in [6, 6.07) is 7.74. The molecule has 4 rings (SSSR count). The van der Waals surface area contributed by atoms with E-state index >= 15 is 0 Å². The number of aryl methyl sites for hydroxylation is 1. The second-order valence-electron chi connectivity index (χ2n) is 9.48. The summed E-state index contributed by atoms with van der Waals surface area (Å²) in [7, 11) is 1.54. The Hall–Kier alpha value is -2.45. The summed E-state index contributed by atoms with van der Waals surface area (Å²) in [6.07, 6.45) is -4.57. The number of fused-ring (bicyclic) bond motifs is 2. The van der Waals surface area contributed by atoms with E-state index in [0.29, 0.717) is 34.0 Å². The highest BCUT2D eigenvalue weighted by atomic mass is 35.5. The third-order valence-corrected chi connectivity index (χ3v) is 6.81. The summed E-state index contributed by atoms with van der Waals surface area (Å²) in [5.41, 5.74) is -1.75. The zero-order valence-electron chi connectivity index (χ0n) is 18.6. The summed E-state index contributed by atoms with van der Waals surface area (Å²) in [6.45, 7) is 3.83. The Morgan fingerprint density at radius 3 is 2.64 bits per heavy atom. The summed E-state index contributed by atoms with van der Waals surface area (Å²) in [4.78, 5) is 14.8. The molecule has 33 heavy (non-hydrogen) atoms. The van der Waals surface area contributed by atoms with Crippen molar-refractivity contribution in [1.82, 2.24) is 9.55 Å². The molecule has 0 bridgehead atoms. The molecule has 0 spiro atoms. The number of aromatic nitrogens is 2. The van der Waals surface area contributed by atoms with Crippen LogP contribution in [0.4, 0.5) is 13.2 Å². The standard InChI is InChI=1S/C24H26ClF3N2O3/c1-22(2,14-9-17(25)16-5-4-8-33-20(16)10-14)13-23(32,24(26,27)28)12-15-11-19-18(29-15)6-7-21(31)30(19)3/h6-7,9-11,29,32H,4-5,8,12-13H2,1-3H3. The molecule has 3 heterocycles. The Morgan fingerprint density at radius 2 is 1.94 bits per heavy atom. The molecule has 2 aromatic heterocycles. The van der Waals surface area contributed by atoms with Crippen LogP contribution in [-0.4, -0.2) is 33.0 Å². The topological polar surface area (TPSA) is 67.2 Å². The average molecular weight is 483 g/mol. The fourth-order valence-electron chi connectivity index (χ4n) is 4.62. The average Bonchev–Trinajstić information content (AvgIpc) is 3.12. The highest BCUT2D eigenvalue weighted by molar-refractivity contribution is 6.31. The van der Waals surface area contributed by atoms with Crippen molar-refractivity contribution in [1.29, 1.82) is 0 Å². The summed E-state index contributed by atoms with van der Waals surface area (Å²) in [5, 5.41) is 11.4. The van der Waals surface area contributed by atoms with Crippen molar-refractivity contribution in [3.8, 4) is 5.75 Å². The van der Waals surface area contributed by atoms with Crippen LogP contribution in [0.2, 0.25) is 5.02 Å². The highest BCUT2D eigenvalue weighted by Crippen LogP contribution is 2.45. The monoisotopic (exact) mass is 482 g/mol. The molecule has 0 radical (unpaired) electrons. The number of hydrogen-bond donors (Lipinski definition) is 2. The van der Waals surface area contributed by atoms with E-state index in [2.05, 4.69) is 4.98 Å². The maximum atomic E-state index is 14.2. The first-order valence-corrected chi connectivity index (χ1v) is 11.1. The van der Waals surface area contributed by atoms with E-state index in [1.165, 1.54) is 22.8 Å². The highest BCUT2D eigenvalue weighted by Gasteiger charge is 2.56. The number of halogens is 4. The van der Waals surface area contributed by atoms with E-state index in [0.717, 1.165) is 18.4 Å². The molecule has 178 valence electrons. The number of nitrogens with one attached hydrogen (secondary N) is 1. The molecule has 0 fully saturated rings. The van der Waals surface area contributed by atoms with Gasteiger partial charge in [-0.1, -0.05) is 25.4 Å². The lowest BCUT2D eigenvalue weighted by Gasteiger charge is -2.38. The Balaban J connectivity index is 1.70. The van der Waals surface area contributed by atoms with Crippen LogP contribution in [0.15, 0.2) is 35.1 Å². The van der Waals surface area contributed by atoms with Gasteiger partial charge in [-0.2, -0.15) is 13.2 Å². The number of pyridine rings is 1. The van der Waals surface area contributed by atoms with Crippen molar-refractivity contribution in [3.05, 3.63) is 62.5 Å². The molecule has 0 amide bonds. The van der Waals surface area contributed by atoms with Crippen molar-refractivity contribution in [2.75, 3.05) is 6.61 Å². The molecule has 1 aliphatic rings. The number of aromatic amines is 1. The zero-order valence-corrected chi connectivity index (χ0v) is 19.4. The molecule has 2 N–H and O–H groups in total. The fraction of sp³-hybridized carbons (Fsp3) is 0.458. The number of benzene rings is 1. The smallest absolute Gasteiger partial charge is 0.417 e. The summed E-state index contributed by atoms with van der Waals surface area (Å²) < 4.78 is 49.7. The summed E-state index contributed by atoms with van der Waals surface area (Å²) in [5.74, 6) is 0.587. The Labute approximate surface area is 194 Å². The predicted molar refractivity (Wildman–Crippen MR) is 121 cm³/mol. The number of rotatable bonds is 5. The lowest BCUT2D eigenvalue weighted by molar-refractivity contribution is -0.266.